The molecular formula is C31H33N3O4. The lowest BCUT2D eigenvalue weighted by molar-refractivity contribution is 0.0954. The number of carbonyl (C=O) groups excluding carboxylic acids is 1. The normalized spacial score (nSPS) is 18.5. The predicted molar refractivity (Wildman–Crippen MR) is 149 cm³/mol. The van der Waals surface area contributed by atoms with Crippen LogP contribution in [0, 0.1) is 0 Å². The first kappa shape index (κ1) is 25.5. The Labute approximate surface area is 223 Å². The van der Waals surface area contributed by atoms with E-state index in [0.29, 0.717) is 28.7 Å². The molecule has 38 heavy (non-hydrogen) atoms. The molecule has 1 aliphatic heterocycles. The van der Waals surface area contributed by atoms with E-state index >= 15 is 0 Å². The molecule has 5 rings (SSSR count). The van der Waals surface area contributed by atoms with Crippen LogP contribution in [0.1, 0.15) is 71.1 Å². The summed E-state index contributed by atoms with van der Waals surface area (Å²) in [6.07, 6.45) is 4.62. The molecular weight excluding hydrogens is 478 g/mol. The van der Waals surface area contributed by atoms with E-state index in [4.69, 9.17) is 19.2 Å². The average molecular weight is 512 g/mol. The molecule has 1 amide bonds. The Balaban J connectivity index is 1.47. The molecule has 1 heterocycles. The molecule has 1 aliphatic carbocycles. The van der Waals surface area contributed by atoms with Crippen molar-refractivity contribution in [2.45, 2.75) is 44.6 Å². The molecule has 3 aromatic carbocycles. The second-order valence-corrected chi connectivity index (χ2v) is 9.68. The van der Waals surface area contributed by atoms with Crippen LogP contribution in [0.15, 0.2) is 70.8 Å². The van der Waals surface area contributed by atoms with Crippen molar-refractivity contribution in [3.05, 3.63) is 88.5 Å². The minimum Gasteiger partial charge on any atom is -0.497 e. The van der Waals surface area contributed by atoms with Gasteiger partial charge >= 0.3 is 0 Å². The molecule has 2 aliphatic rings. The first-order valence-corrected chi connectivity index (χ1v) is 13.0. The third-order valence-electron chi connectivity index (χ3n) is 7.45. The number of benzene rings is 3. The van der Waals surface area contributed by atoms with E-state index < -0.39 is 0 Å². The van der Waals surface area contributed by atoms with Gasteiger partial charge in [-0.05, 0) is 67.3 Å². The van der Waals surface area contributed by atoms with Crippen LogP contribution in [0.2, 0.25) is 0 Å². The van der Waals surface area contributed by atoms with Crippen LogP contribution >= 0.6 is 0 Å². The van der Waals surface area contributed by atoms with Gasteiger partial charge in [-0.25, -0.2) is 5.43 Å². The van der Waals surface area contributed by atoms with Crippen LogP contribution in [0.5, 0.6) is 17.2 Å². The molecule has 7 nitrogen and oxygen atoms in total. The monoisotopic (exact) mass is 511 g/mol. The maximum Gasteiger partial charge on any atom is 0.271 e. The van der Waals surface area contributed by atoms with Gasteiger partial charge in [-0.15, -0.1) is 0 Å². The Morgan fingerprint density at radius 2 is 1.63 bits per heavy atom. The molecule has 0 saturated heterocycles. The van der Waals surface area contributed by atoms with Gasteiger partial charge in [0.2, 0.25) is 0 Å². The SMILES string of the molecule is COc1cccc(C(=O)NN=C(C)c2cccc(C3=N[C@@H]4CCCC[C@@H]4c4cc(OC)c(OC)cc43)c2)c1. The summed E-state index contributed by atoms with van der Waals surface area (Å²) in [5.74, 6) is 2.16. The van der Waals surface area contributed by atoms with Crippen molar-refractivity contribution in [1.82, 2.24) is 5.43 Å². The van der Waals surface area contributed by atoms with Crippen molar-refractivity contribution in [3.63, 3.8) is 0 Å². The van der Waals surface area contributed by atoms with Gasteiger partial charge < -0.3 is 14.2 Å². The summed E-state index contributed by atoms with van der Waals surface area (Å²) in [6.45, 7) is 1.88. The van der Waals surface area contributed by atoms with Gasteiger partial charge in [-0.3, -0.25) is 9.79 Å². The number of aliphatic imine (C=N–C) groups is 1. The number of methoxy groups -OCH3 is 3. The first-order valence-electron chi connectivity index (χ1n) is 13.0. The number of hydrazone groups is 1. The van der Waals surface area contributed by atoms with E-state index in [2.05, 4.69) is 34.8 Å². The Kier molecular flexibility index (Phi) is 7.45. The van der Waals surface area contributed by atoms with Gasteiger partial charge in [0, 0.05) is 22.6 Å². The molecule has 0 radical (unpaired) electrons. The topological polar surface area (TPSA) is 81.5 Å². The van der Waals surface area contributed by atoms with E-state index in [9.17, 15) is 4.79 Å². The highest BCUT2D eigenvalue weighted by Gasteiger charge is 2.34. The van der Waals surface area contributed by atoms with Crippen LogP contribution in [-0.4, -0.2) is 44.7 Å². The second kappa shape index (κ2) is 11.1. The van der Waals surface area contributed by atoms with Crippen LogP contribution in [0.25, 0.3) is 0 Å². The number of hydrogen-bond donors (Lipinski definition) is 1. The summed E-state index contributed by atoms with van der Waals surface area (Å²) in [5.41, 5.74) is 9.07. The number of carbonyl (C=O) groups is 1. The summed E-state index contributed by atoms with van der Waals surface area (Å²) in [4.78, 5) is 17.9. The zero-order valence-corrected chi connectivity index (χ0v) is 22.3. The number of ether oxygens (including phenoxy) is 3. The van der Waals surface area contributed by atoms with Crippen molar-refractivity contribution in [3.8, 4) is 17.2 Å². The minimum atomic E-state index is -0.297. The summed E-state index contributed by atoms with van der Waals surface area (Å²) in [5, 5.41) is 4.37. The van der Waals surface area contributed by atoms with E-state index in [1.807, 2.05) is 19.1 Å². The lowest BCUT2D eigenvalue weighted by Crippen LogP contribution is -2.29. The Hall–Kier alpha value is -4.13. The average Bonchev–Trinajstić information content (AvgIpc) is 2.98. The zero-order valence-electron chi connectivity index (χ0n) is 22.3. The molecule has 0 bridgehead atoms. The highest BCUT2D eigenvalue weighted by Crippen LogP contribution is 2.44. The van der Waals surface area contributed by atoms with E-state index in [1.165, 1.54) is 18.4 Å². The number of amides is 1. The molecule has 0 spiro atoms. The van der Waals surface area contributed by atoms with Crippen LogP contribution in [-0.2, 0) is 0 Å². The predicted octanol–water partition coefficient (Wildman–Crippen LogP) is 5.74. The van der Waals surface area contributed by atoms with Crippen LogP contribution in [0.4, 0.5) is 0 Å². The van der Waals surface area contributed by atoms with Crippen molar-refractivity contribution in [2.24, 2.45) is 10.1 Å². The second-order valence-electron chi connectivity index (χ2n) is 9.68. The van der Waals surface area contributed by atoms with Gasteiger partial charge in [-0.1, -0.05) is 37.1 Å². The van der Waals surface area contributed by atoms with Gasteiger partial charge in [0.05, 0.1) is 38.8 Å². The fourth-order valence-corrected chi connectivity index (χ4v) is 5.42. The first-order chi connectivity index (χ1) is 18.5. The van der Waals surface area contributed by atoms with Gasteiger partial charge in [0.25, 0.3) is 5.91 Å². The standard InChI is InChI=1S/C31H33N3O4/c1-19(33-34-31(35)22-11-8-12-23(16-22)36-2)20-9-7-10-21(15-20)30-26-18-29(38-4)28(37-3)17-25(26)24-13-5-6-14-27(24)32-30/h7-12,15-18,24,27H,5-6,13-14H2,1-4H3,(H,34,35)/t24-,27-/m1/s1. The Bertz CT molecular complexity index is 1410. The molecule has 0 aromatic heterocycles. The Morgan fingerprint density at radius 1 is 0.895 bits per heavy atom. The number of fused-ring (bicyclic) bond motifs is 3. The summed E-state index contributed by atoms with van der Waals surface area (Å²) >= 11 is 0. The number of rotatable bonds is 7. The molecule has 0 unspecified atom stereocenters. The maximum atomic E-state index is 12.6. The molecule has 7 heteroatoms. The summed E-state index contributed by atoms with van der Waals surface area (Å²) < 4.78 is 16.5. The molecule has 1 saturated carbocycles. The maximum absolute atomic E-state index is 12.6. The molecule has 1 fully saturated rings. The molecule has 196 valence electrons. The Morgan fingerprint density at radius 3 is 2.42 bits per heavy atom. The number of hydrogen-bond acceptors (Lipinski definition) is 6. The third kappa shape index (κ3) is 5.01. The van der Waals surface area contributed by atoms with E-state index in [1.54, 1.807) is 45.6 Å². The van der Waals surface area contributed by atoms with Crippen molar-refractivity contribution < 1.29 is 19.0 Å². The van der Waals surface area contributed by atoms with E-state index in [0.717, 1.165) is 41.0 Å². The number of nitrogens with one attached hydrogen (secondary N) is 1. The largest absolute Gasteiger partial charge is 0.497 e. The fourth-order valence-electron chi connectivity index (χ4n) is 5.42. The molecule has 3 aromatic rings. The van der Waals surface area contributed by atoms with Gasteiger partial charge in [0.1, 0.15) is 5.75 Å². The molecule has 2 atom stereocenters. The highest BCUT2D eigenvalue weighted by atomic mass is 16.5. The summed E-state index contributed by atoms with van der Waals surface area (Å²) in [6, 6.07) is 19.6. The quantitative estimate of drug-likeness (QED) is 0.324. The van der Waals surface area contributed by atoms with Crippen molar-refractivity contribution >= 4 is 17.3 Å². The van der Waals surface area contributed by atoms with Crippen LogP contribution < -0.4 is 19.6 Å². The molecule has 1 N–H and O–H groups in total. The van der Waals surface area contributed by atoms with Crippen LogP contribution in [0.3, 0.4) is 0 Å². The minimum absolute atomic E-state index is 0.255. The van der Waals surface area contributed by atoms with Crippen molar-refractivity contribution in [1.29, 1.82) is 0 Å². The summed E-state index contributed by atoms with van der Waals surface area (Å²) in [7, 11) is 4.91. The zero-order chi connectivity index (χ0) is 26.6. The van der Waals surface area contributed by atoms with Crippen molar-refractivity contribution in [2.75, 3.05) is 21.3 Å². The lowest BCUT2D eigenvalue weighted by Gasteiger charge is -2.35. The smallest absolute Gasteiger partial charge is 0.271 e. The highest BCUT2D eigenvalue weighted by molar-refractivity contribution is 6.16. The fraction of sp³-hybridized carbons (Fsp3) is 0.323. The number of nitrogens with zero attached hydrogens (tertiary/aromatic N) is 2. The van der Waals surface area contributed by atoms with Gasteiger partial charge in [0.15, 0.2) is 11.5 Å². The van der Waals surface area contributed by atoms with Gasteiger partial charge in [-0.2, -0.15) is 5.10 Å². The van der Waals surface area contributed by atoms with E-state index in [-0.39, 0.29) is 11.9 Å². The lowest BCUT2D eigenvalue weighted by atomic mass is 9.75. The third-order valence-corrected chi connectivity index (χ3v) is 7.45.